The first-order valence-electron chi connectivity index (χ1n) is 12.3. The summed E-state index contributed by atoms with van der Waals surface area (Å²) in [6.45, 7) is 0.460. The van der Waals surface area contributed by atoms with Gasteiger partial charge in [0.1, 0.15) is 5.75 Å². The fraction of sp³-hybridized carbons (Fsp3) is 0.156. The summed E-state index contributed by atoms with van der Waals surface area (Å²) >= 11 is 5.52. The maximum absolute atomic E-state index is 11.3. The molecule has 0 spiro atoms. The van der Waals surface area contributed by atoms with E-state index >= 15 is 0 Å². The average Bonchev–Trinajstić information content (AvgIpc) is 3.30. The largest absolute Gasteiger partial charge is 0.492 e. The molecule has 1 aromatic heterocycles. The van der Waals surface area contributed by atoms with E-state index in [2.05, 4.69) is 112 Å². The molecular formula is C32H27BrO3S. The van der Waals surface area contributed by atoms with Gasteiger partial charge in [-0.15, -0.1) is 11.3 Å². The molecule has 0 fully saturated rings. The van der Waals surface area contributed by atoms with Crippen LogP contribution in [0.3, 0.4) is 0 Å². The zero-order valence-corrected chi connectivity index (χ0v) is 23.0. The van der Waals surface area contributed by atoms with Crippen molar-refractivity contribution in [2.45, 2.75) is 19.3 Å². The van der Waals surface area contributed by atoms with Crippen molar-refractivity contribution >= 4 is 43.3 Å². The smallest absolute Gasteiger partial charge is 0.305 e. The first-order chi connectivity index (χ1) is 18.1. The molecule has 5 aromatic rings. The standard InChI is InChI=1S/C32H27BrO3S/c1-35-31(34)12-7-19-36-28-18-17-25(21-27(28)33)23-13-15-24(16-14-23)32-26-10-5-6-11-29(26)37-30(32)20-22-8-3-2-4-9-22/h2-6,8-11,13-18,21H,7,12,19-20H2,1H3. The quantitative estimate of drug-likeness (QED) is 0.131. The predicted molar refractivity (Wildman–Crippen MR) is 156 cm³/mol. The molecule has 3 nitrogen and oxygen atoms in total. The second kappa shape index (κ2) is 11.8. The highest BCUT2D eigenvalue weighted by Crippen LogP contribution is 2.41. The number of carbonyl (C=O) groups is 1. The van der Waals surface area contributed by atoms with Gasteiger partial charge in [0, 0.05) is 33.4 Å². The number of carbonyl (C=O) groups excluding carboxylic acids is 1. The molecule has 186 valence electrons. The lowest BCUT2D eigenvalue weighted by atomic mass is 9.96. The highest BCUT2D eigenvalue weighted by molar-refractivity contribution is 9.10. The number of ether oxygens (including phenoxy) is 2. The molecule has 5 heteroatoms. The van der Waals surface area contributed by atoms with E-state index in [4.69, 9.17) is 4.74 Å². The fourth-order valence-electron chi connectivity index (χ4n) is 4.45. The maximum Gasteiger partial charge on any atom is 0.305 e. The van der Waals surface area contributed by atoms with Crippen LogP contribution in [0.1, 0.15) is 23.3 Å². The van der Waals surface area contributed by atoms with Gasteiger partial charge in [-0.3, -0.25) is 4.79 Å². The minimum atomic E-state index is -0.218. The van der Waals surface area contributed by atoms with Crippen molar-refractivity contribution < 1.29 is 14.3 Å². The van der Waals surface area contributed by atoms with Gasteiger partial charge < -0.3 is 9.47 Å². The topological polar surface area (TPSA) is 35.5 Å². The van der Waals surface area contributed by atoms with Gasteiger partial charge in [-0.05, 0) is 62.8 Å². The summed E-state index contributed by atoms with van der Waals surface area (Å²) in [5.41, 5.74) is 6.14. The SMILES string of the molecule is COC(=O)CCCOc1ccc(-c2ccc(-c3c(Cc4ccccc4)sc4ccccc34)cc2)cc1Br. The third-order valence-electron chi connectivity index (χ3n) is 6.33. The highest BCUT2D eigenvalue weighted by Gasteiger charge is 2.15. The van der Waals surface area contributed by atoms with Crippen LogP contribution < -0.4 is 4.74 Å². The Balaban J connectivity index is 1.37. The van der Waals surface area contributed by atoms with Crippen LogP contribution in [-0.2, 0) is 16.0 Å². The predicted octanol–water partition coefficient (Wildman–Crippen LogP) is 8.92. The van der Waals surface area contributed by atoms with Gasteiger partial charge in [0.05, 0.1) is 18.2 Å². The van der Waals surface area contributed by atoms with Gasteiger partial charge in [-0.25, -0.2) is 0 Å². The Morgan fingerprint density at radius 2 is 1.54 bits per heavy atom. The lowest BCUT2D eigenvalue weighted by Gasteiger charge is -2.11. The molecule has 0 radical (unpaired) electrons. The van der Waals surface area contributed by atoms with Crippen LogP contribution in [0.2, 0.25) is 0 Å². The number of halogens is 1. The molecule has 0 saturated carbocycles. The molecule has 4 aromatic carbocycles. The van der Waals surface area contributed by atoms with E-state index in [0.29, 0.717) is 19.4 Å². The number of hydrogen-bond acceptors (Lipinski definition) is 4. The highest BCUT2D eigenvalue weighted by atomic mass is 79.9. The van der Waals surface area contributed by atoms with E-state index in [1.165, 1.54) is 38.8 Å². The number of fused-ring (bicyclic) bond motifs is 1. The summed E-state index contributed by atoms with van der Waals surface area (Å²) in [6, 6.07) is 34.3. The summed E-state index contributed by atoms with van der Waals surface area (Å²) in [5, 5.41) is 1.31. The minimum Gasteiger partial charge on any atom is -0.492 e. The molecule has 0 aliphatic rings. The Kier molecular flexibility index (Phi) is 8.02. The van der Waals surface area contributed by atoms with Crippen LogP contribution in [0.5, 0.6) is 5.75 Å². The number of thiophene rings is 1. The van der Waals surface area contributed by atoms with E-state index in [0.717, 1.165) is 27.8 Å². The molecule has 0 aliphatic carbocycles. The van der Waals surface area contributed by atoms with E-state index in [9.17, 15) is 4.79 Å². The van der Waals surface area contributed by atoms with Crippen LogP contribution in [0.15, 0.2) is 102 Å². The first-order valence-corrected chi connectivity index (χ1v) is 13.9. The van der Waals surface area contributed by atoms with Gasteiger partial charge in [-0.2, -0.15) is 0 Å². The molecule has 0 saturated heterocycles. The van der Waals surface area contributed by atoms with Crippen molar-refractivity contribution in [3.05, 3.63) is 112 Å². The summed E-state index contributed by atoms with van der Waals surface area (Å²) in [6.07, 6.45) is 1.89. The van der Waals surface area contributed by atoms with Gasteiger partial charge in [0.25, 0.3) is 0 Å². The Bertz CT molecular complexity index is 1510. The second-order valence-electron chi connectivity index (χ2n) is 8.81. The Morgan fingerprint density at radius 3 is 2.30 bits per heavy atom. The number of methoxy groups -OCH3 is 1. The molecule has 0 amide bonds. The molecule has 1 heterocycles. The molecule has 37 heavy (non-hydrogen) atoms. The third-order valence-corrected chi connectivity index (χ3v) is 8.12. The van der Waals surface area contributed by atoms with Crippen molar-refractivity contribution in [3.8, 4) is 28.0 Å². The van der Waals surface area contributed by atoms with Crippen molar-refractivity contribution in [1.82, 2.24) is 0 Å². The Labute approximate surface area is 229 Å². The summed E-state index contributed by atoms with van der Waals surface area (Å²) < 4.78 is 12.7. The molecule has 0 N–H and O–H groups in total. The third kappa shape index (κ3) is 5.95. The van der Waals surface area contributed by atoms with Crippen LogP contribution in [0.4, 0.5) is 0 Å². The zero-order valence-electron chi connectivity index (χ0n) is 20.6. The van der Waals surface area contributed by atoms with Crippen molar-refractivity contribution in [2.75, 3.05) is 13.7 Å². The summed E-state index contributed by atoms with van der Waals surface area (Å²) in [7, 11) is 1.40. The van der Waals surface area contributed by atoms with Gasteiger partial charge >= 0.3 is 5.97 Å². The molecule has 0 unspecified atom stereocenters. The van der Waals surface area contributed by atoms with Crippen LogP contribution in [0, 0.1) is 0 Å². The van der Waals surface area contributed by atoms with Crippen LogP contribution >= 0.6 is 27.3 Å². The molecule has 5 rings (SSSR count). The van der Waals surface area contributed by atoms with E-state index in [1.807, 2.05) is 17.4 Å². The maximum atomic E-state index is 11.3. The van der Waals surface area contributed by atoms with E-state index in [-0.39, 0.29) is 5.97 Å². The molecular weight excluding hydrogens is 544 g/mol. The number of benzene rings is 4. The minimum absolute atomic E-state index is 0.218. The van der Waals surface area contributed by atoms with Crippen LogP contribution in [0.25, 0.3) is 32.3 Å². The van der Waals surface area contributed by atoms with Crippen molar-refractivity contribution in [3.63, 3.8) is 0 Å². The van der Waals surface area contributed by atoms with E-state index in [1.54, 1.807) is 0 Å². The van der Waals surface area contributed by atoms with Gasteiger partial charge in [0.15, 0.2) is 0 Å². The van der Waals surface area contributed by atoms with E-state index < -0.39 is 0 Å². The fourth-order valence-corrected chi connectivity index (χ4v) is 6.20. The normalized spacial score (nSPS) is 11.0. The number of rotatable bonds is 9. The monoisotopic (exact) mass is 570 g/mol. The lowest BCUT2D eigenvalue weighted by Crippen LogP contribution is -2.04. The average molecular weight is 572 g/mol. The number of hydrogen-bond donors (Lipinski definition) is 0. The lowest BCUT2D eigenvalue weighted by molar-refractivity contribution is -0.140. The van der Waals surface area contributed by atoms with Crippen molar-refractivity contribution in [2.24, 2.45) is 0 Å². The van der Waals surface area contributed by atoms with Crippen LogP contribution in [-0.4, -0.2) is 19.7 Å². The first kappa shape index (κ1) is 25.2. The second-order valence-corrected chi connectivity index (χ2v) is 10.8. The van der Waals surface area contributed by atoms with Gasteiger partial charge in [0.2, 0.25) is 0 Å². The zero-order chi connectivity index (χ0) is 25.6. The number of esters is 1. The molecule has 0 aliphatic heterocycles. The Morgan fingerprint density at radius 1 is 0.838 bits per heavy atom. The molecule has 0 bridgehead atoms. The Hall–Kier alpha value is -3.41. The van der Waals surface area contributed by atoms with Crippen molar-refractivity contribution in [1.29, 1.82) is 0 Å². The van der Waals surface area contributed by atoms with Gasteiger partial charge in [-0.1, -0.05) is 78.9 Å². The summed E-state index contributed by atoms with van der Waals surface area (Å²) in [5.74, 6) is 0.546. The summed E-state index contributed by atoms with van der Waals surface area (Å²) in [4.78, 5) is 12.7. The molecule has 0 atom stereocenters.